The number of benzene rings is 1. The van der Waals surface area contributed by atoms with E-state index in [-0.39, 0.29) is 11.3 Å². The first-order valence-corrected chi connectivity index (χ1v) is 9.71. The standard InChI is InChI=1S/C15H24N2O6Si/c1-5-21-11(4)24(22-6-2,23-7-3)14-10-12(17(19)20)8-9-13(14)15(16)18/h8-11H,5-7H2,1-4H3,(H2,16,18). The molecule has 0 saturated carbocycles. The first-order chi connectivity index (χ1) is 11.3. The fourth-order valence-electron chi connectivity index (χ4n) is 2.59. The molecule has 1 unspecified atom stereocenters. The molecule has 0 aromatic heterocycles. The minimum Gasteiger partial charge on any atom is -0.390 e. The van der Waals surface area contributed by atoms with Gasteiger partial charge in [-0.1, -0.05) is 0 Å². The summed E-state index contributed by atoms with van der Waals surface area (Å²) in [4.78, 5) is 22.5. The highest BCUT2D eigenvalue weighted by Gasteiger charge is 2.49. The number of hydrogen-bond donors (Lipinski definition) is 1. The minimum atomic E-state index is -3.31. The molecule has 9 heteroatoms. The molecule has 0 aliphatic rings. The number of carbonyl (C=O) groups is 1. The second-order valence-corrected chi connectivity index (χ2v) is 8.25. The first kappa shape index (κ1) is 20.2. The molecule has 0 aliphatic carbocycles. The third kappa shape index (κ3) is 4.18. The van der Waals surface area contributed by atoms with E-state index in [0.29, 0.717) is 25.0 Å². The van der Waals surface area contributed by atoms with Crippen LogP contribution < -0.4 is 10.9 Å². The van der Waals surface area contributed by atoms with Crippen LogP contribution in [0.15, 0.2) is 18.2 Å². The van der Waals surface area contributed by atoms with Crippen LogP contribution in [0.5, 0.6) is 0 Å². The fraction of sp³-hybridized carbons (Fsp3) is 0.533. The van der Waals surface area contributed by atoms with Crippen LogP contribution in [0.25, 0.3) is 0 Å². The molecule has 2 N–H and O–H groups in total. The Bertz CT molecular complexity index is 589. The second kappa shape index (κ2) is 8.88. The van der Waals surface area contributed by atoms with E-state index in [1.807, 2.05) is 6.92 Å². The number of ether oxygens (including phenoxy) is 1. The first-order valence-electron chi connectivity index (χ1n) is 7.82. The lowest BCUT2D eigenvalue weighted by atomic mass is 10.2. The molecule has 0 bridgehead atoms. The van der Waals surface area contributed by atoms with Gasteiger partial charge in [-0.15, -0.1) is 0 Å². The van der Waals surface area contributed by atoms with E-state index in [4.69, 9.17) is 19.3 Å². The summed E-state index contributed by atoms with van der Waals surface area (Å²) in [5, 5.41) is 11.5. The van der Waals surface area contributed by atoms with Gasteiger partial charge in [0.05, 0.1) is 4.92 Å². The molecule has 0 aliphatic heterocycles. The van der Waals surface area contributed by atoms with Crippen LogP contribution in [0.2, 0.25) is 0 Å². The molecule has 0 spiro atoms. The summed E-state index contributed by atoms with van der Waals surface area (Å²) in [6.45, 7) is 8.23. The second-order valence-electron chi connectivity index (χ2n) is 4.98. The molecular formula is C15H24N2O6Si. The number of nitrogens with two attached hydrogens (primary N) is 1. The Morgan fingerprint density at radius 3 is 2.25 bits per heavy atom. The molecular weight excluding hydrogens is 332 g/mol. The van der Waals surface area contributed by atoms with Crippen molar-refractivity contribution >= 4 is 25.3 Å². The summed E-state index contributed by atoms with van der Waals surface area (Å²) in [5.41, 5.74) is 4.98. The van der Waals surface area contributed by atoms with Gasteiger partial charge in [0.25, 0.3) is 5.69 Å². The van der Waals surface area contributed by atoms with Gasteiger partial charge in [0, 0.05) is 42.7 Å². The lowest BCUT2D eigenvalue weighted by Crippen LogP contribution is -2.64. The number of primary amides is 1. The average molecular weight is 356 g/mol. The van der Waals surface area contributed by atoms with Crippen molar-refractivity contribution in [3.63, 3.8) is 0 Å². The van der Waals surface area contributed by atoms with Gasteiger partial charge in [0.15, 0.2) is 0 Å². The number of nitro groups is 1. The molecule has 1 rings (SSSR count). The third-order valence-electron chi connectivity index (χ3n) is 3.52. The molecule has 0 heterocycles. The van der Waals surface area contributed by atoms with Gasteiger partial charge in [-0.3, -0.25) is 14.9 Å². The molecule has 1 amide bonds. The largest absolute Gasteiger partial charge is 0.403 e. The number of hydrogen-bond acceptors (Lipinski definition) is 6. The van der Waals surface area contributed by atoms with Crippen LogP contribution in [-0.4, -0.2) is 44.9 Å². The summed E-state index contributed by atoms with van der Waals surface area (Å²) >= 11 is 0. The van der Waals surface area contributed by atoms with Gasteiger partial charge < -0.3 is 19.3 Å². The van der Waals surface area contributed by atoms with Gasteiger partial charge in [-0.05, 0) is 33.8 Å². The van der Waals surface area contributed by atoms with E-state index in [9.17, 15) is 14.9 Å². The summed E-state index contributed by atoms with van der Waals surface area (Å²) in [6.07, 6.45) is 0. The quantitative estimate of drug-likeness (QED) is 0.385. The molecule has 0 radical (unpaired) electrons. The normalized spacial score (nSPS) is 12.8. The minimum absolute atomic E-state index is 0.153. The molecule has 24 heavy (non-hydrogen) atoms. The van der Waals surface area contributed by atoms with E-state index >= 15 is 0 Å². The number of nitrogens with zero attached hydrogens (tertiary/aromatic N) is 1. The predicted molar refractivity (Wildman–Crippen MR) is 91.3 cm³/mol. The van der Waals surface area contributed by atoms with E-state index < -0.39 is 25.1 Å². The molecule has 134 valence electrons. The van der Waals surface area contributed by atoms with Crippen molar-refractivity contribution in [2.75, 3.05) is 19.8 Å². The van der Waals surface area contributed by atoms with Gasteiger partial charge in [-0.25, -0.2) is 0 Å². The zero-order valence-corrected chi connectivity index (χ0v) is 15.4. The monoisotopic (exact) mass is 356 g/mol. The highest BCUT2D eigenvalue weighted by molar-refractivity contribution is 6.83. The Morgan fingerprint density at radius 2 is 1.83 bits per heavy atom. The molecule has 1 aromatic rings. The lowest BCUT2D eigenvalue weighted by Gasteiger charge is -2.35. The molecule has 0 fully saturated rings. The van der Waals surface area contributed by atoms with E-state index in [1.54, 1.807) is 20.8 Å². The maximum absolute atomic E-state index is 11.9. The molecule has 0 saturated heterocycles. The van der Waals surface area contributed by atoms with Crippen molar-refractivity contribution in [2.24, 2.45) is 5.73 Å². The van der Waals surface area contributed by atoms with Crippen molar-refractivity contribution < 1.29 is 23.3 Å². The number of amides is 1. The van der Waals surface area contributed by atoms with Crippen LogP contribution >= 0.6 is 0 Å². The highest BCUT2D eigenvalue weighted by atomic mass is 28.4. The van der Waals surface area contributed by atoms with Crippen molar-refractivity contribution in [1.29, 1.82) is 0 Å². The Balaban J connectivity index is 3.67. The van der Waals surface area contributed by atoms with Crippen LogP contribution in [0.1, 0.15) is 38.1 Å². The predicted octanol–water partition coefficient (Wildman–Crippen LogP) is 1.38. The van der Waals surface area contributed by atoms with Crippen LogP contribution in [-0.2, 0) is 13.6 Å². The zero-order chi connectivity index (χ0) is 18.3. The highest BCUT2D eigenvalue weighted by Crippen LogP contribution is 2.22. The van der Waals surface area contributed by atoms with Crippen molar-refractivity contribution in [2.45, 2.75) is 33.4 Å². The number of rotatable bonds is 10. The van der Waals surface area contributed by atoms with Crippen molar-refractivity contribution in [3.05, 3.63) is 33.9 Å². The van der Waals surface area contributed by atoms with Gasteiger partial charge in [0.1, 0.15) is 5.73 Å². The number of nitro benzene ring substituents is 1. The number of carbonyl (C=O) groups excluding carboxylic acids is 1. The SMILES string of the molecule is CCOC(C)[Si](OCC)(OCC)c1cc([N+](=O)[O-])ccc1C(N)=O. The summed E-state index contributed by atoms with van der Waals surface area (Å²) in [6, 6.07) is 3.90. The van der Waals surface area contributed by atoms with Gasteiger partial charge in [-0.2, -0.15) is 0 Å². The summed E-state index contributed by atoms with van der Waals surface area (Å²) < 4.78 is 17.6. The fourth-order valence-corrected chi connectivity index (χ4v) is 6.06. The van der Waals surface area contributed by atoms with Crippen LogP contribution in [0.4, 0.5) is 5.69 Å². The Labute approximate surface area is 142 Å². The van der Waals surface area contributed by atoms with Crippen LogP contribution in [0, 0.1) is 10.1 Å². The topological polar surface area (TPSA) is 114 Å². The summed E-state index contributed by atoms with van der Waals surface area (Å²) in [5.74, 6) is -0.695. The summed E-state index contributed by atoms with van der Waals surface area (Å²) in [7, 11) is -3.31. The number of non-ortho nitro benzene ring substituents is 1. The lowest BCUT2D eigenvalue weighted by molar-refractivity contribution is -0.384. The molecule has 8 nitrogen and oxygen atoms in total. The third-order valence-corrected chi connectivity index (χ3v) is 7.36. The van der Waals surface area contributed by atoms with Gasteiger partial charge >= 0.3 is 8.56 Å². The van der Waals surface area contributed by atoms with Gasteiger partial charge in [0.2, 0.25) is 5.91 Å². The van der Waals surface area contributed by atoms with E-state index in [1.165, 1.54) is 18.2 Å². The molecule has 1 aromatic carbocycles. The smallest absolute Gasteiger partial charge is 0.390 e. The Morgan fingerprint density at radius 1 is 1.25 bits per heavy atom. The van der Waals surface area contributed by atoms with Crippen LogP contribution in [0.3, 0.4) is 0 Å². The zero-order valence-electron chi connectivity index (χ0n) is 14.4. The van der Waals surface area contributed by atoms with Crippen molar-refractivity contribution in [1.82, 2.24) is 0 Å². The Hall–Kier alpha value is -1.81. The Kier molecular flexibility index (Phi) is 7.48. The van der Waals surface area contributed by atoms with E-state index in [0.717, 1.165) is 0 Å². The maximum atomic E-state index is 11.9. The molecule has 1 atom stereocenters. The maximum Gasteiger partial charge on any atom is 0.403 e. The average Bonchev–Trinajstić information content (AvgIpc) is 2.53. The van der Waals surface area contributed by atoms with E-state index in [2.05, 4.69) is 0 Å². The van der Waals surface area contributed by atoms with Crippen molar-refractivity contribution in [3.8, 4) is 0 Å².